The summed E-state index contributed by atoms with van der Waals surface area (Å²) >= 11 is 5.69. The van der Waals surface area contributed by atoms with E-state index in [0.29, 0.717) is 5.02 Å². The van der Waals surface area contributed by atoms with Gasteiger partial charge in [-0.1, -0.05) is 11.6 Å². The molecule has 0 bridgehead atoms. The number of carbonyl (C=O) groups excluding carboxylic acids is 1. The fourth-order valence-electron chi connectivity index (χ4n) is 1.44. The third kappa shape index (κ3) is 2.71. The lowest BCUT2D eigenvalue weighted by molar-refractivity contribution is -0.391. The molecule has 0 radical (unpaired) electrons. The minimum atomic E-state index is -0.899. The maximum Gasteiger partial charge on any atom is 0.519 e. The minimum absolute atomic E-state index is 0.172. The SMILES string of the molecule is Cc1ncc([N+](=O)[O-])n1C(=O)Oc1ccc(Cl)cc1. The van der Waals surface area contributed by atoms with E-state index in [2.05, 4.69) is 4.98 Å². The molecule has 7 nitrogen and oxygen atoms in total. The Labute approximate surface area is 112 Å². The third-order valence-electron chi connectivity index (χ3n) is 2.31. The summed E-state index contributed by atoms with van der Waals surface area (Å²) in [5.74, 6) is -0.0427. The summed E-state index contributed by atoms with van der Waals surface area (Å²) in [5.41, 5.74) is 0. The van der Waals surface area contributed by atoms with Crippen LogP contribution in [0.15, 0.2) is 30.5 Å². The fourth-order valence-corrected chi connectivity index (χ4v) is 1.56. The highest BCUT2D eigenvalue weighted by atomic mass is 35.5. The normalized spacial score (nSPS) is 10.2. The molecule has 98 valence electrons. The molecule has 1 aromatic carbocycles. The van der Waals surface area contributed by atoms with Crippen LogP contribution in [-0.4, -0.2) is 20.6 Å². The van der Waals surface area contributed by atoms with Crippen molar-refractivity contribution in [2.24, 2.45) is 0 Å². The Morgan fingerprint density at radius 1 is 1.42 bits per heavy atom. The highest BCUT2D eigenvalue weighted by Crippen LogP contribution is 2.18. The van der Waals surface area contributed by atoms with E-state index < -0.39 is 16.8 Å². The quantitative estimate of drug-likeness (QED) is 0.624. The number of benzene rings is 1. The fraction of sp³-hybridized carbons (Fsp3) is 0.0909. The maximum atomic E-state index is 11.9. The van der Waals surface area contributed by atoms with Crippen molar-refractivity contribution in [1.29, 1.82) is 0 Å². The summed E-state index contributed by atoms with van der Waals surface area (Å²) in [7, 11) is 0. The highest BCUT2D eigenvalue weighted by Gasteiger charge is 2.26. The van der Waals surface area contributed by atoms with Gasteiger partial charge in [-0.25, -0.2) is 4.98 Å². The van der Waals surface area contributed by atoms with Crippen LogP contribution in [0.1, 0.15) is 5.82 Å². The van der Waals surface area contributed by atoms with Crippen molar-refractivity contribution < 1.29 is 14.5 Å². The number of aromatic nitrogens is 2. The van der Waals surface area contributed by atoms with Crippen molar-refractivity contribution in [3.63, 3.8) is 0 Å². The van der Waals surface area contributed by atoms with Crippen molar-refractivity contribution in [2.45, 2.75) is 6.92 Å². The van der Waals surface area contributed by atoms with E-state index in [1.165, 1.54) is 19.1 Å². The molecular weight excluding hydrogens is 274 g/mol. The molecule has 1 heterocycles. The van der Waals surface area contributed by atoms with Gasteiger partial charge in [0.1, 0.15) is 11.9 Å². The van der Waals surface area contributed by atoms with Gasteiger partial charge < -0.3 is 14.9 Å². The molecule has 0 aliphatic rings. The molecule has 2 rings (SSSR count). The van der Waals surface area contributed by atoms with Gasteiger partial charge in [-0.2, -0.15) is 4.79 Å². The molecule has 0 aliphatic carbocycles. The Hall–Kier alpha value is -2.41. The number of nitrogens with zero attached hydrogens (tertiary/aromatic N) is 3. The number of aryl methyl sites for hydroxylation is 1. The van der Waals surface area contributed by atoms with Crippen LogP contribution in [0.4, 0.5) is 10.6 Å². The Morgan fingerprint density at radius 2 is 2.05 bits per heavy atom. The molecule has 0 N–H and O–H groups in total. The first kappa shape index (κ1) is 13.0. The number of nitro groups is 1. The number of carbonyl (C=O) groups is 1. The molecule has 0 amide bonds. The van der Waals surface area contributed by atoms with Gasteiger partial charge in [0.05, 0.1) is 0 Å². The number of rotatable bonds is 2. The van der Waals surface area contributed by atoms with Crippen LogP contribution in [0.5, 0.6) is 5.75 Å². The molecule has 0 fully saturated rings. The highest BCUT2D eigenvalue weighted by molar-refractivity contribution is 6.30. The lowest BCUT2D eigenvalue weighted by atomic mass is 10.3. The zero-order valence-electron chi connectivity index (χ0n) is 9.74. The van der Waals surface area contributed by atoms with Crippen LogP contribution >= 0.6 is 11.6 Å². The molecule has 8 heteroatoms. The third-order valence-corrected chi connectivity index (χ3v) is 2.56. The molecule has 0 spiro atoms. The van der Waals surface area contributed by atoms with Crippen LogP contribution in [0.3, 0.4) is 0 Å². The number of ether oxygens (including phenoxy) is 1. The zero-order valence-corrected chi connectivity index (χ0v) is 10.5. The van der Waals surface area contributed by atoms with E-state index in [1.807, 2.05) is 0 Å². The number of hydrogen-bond donors (Lipinski definition) is 0. The first-order valence-corrected chi connectivity index (χ1v) is 5.53. The van der Waals surface area contributed by atoms with E-state index in [-0.39, 0.29) is 11.6 Å². The van der Waals surface area contributed by atoms with Crippen LogP contribution in [0.25, 0.3) is 0 Å². The summed E-state index contributed by atoms with van der Waals surface area (Å²) < 4.78 is 5.79. The smallest absolute Gasteiger partial charge is 0.392 e. The molecular formula is C11H8ClN3O4. The Morgan fingerprint density at radius 3 is 2.63 bits per heavy atom. The summed E-state index contributed by atoms with van der Waals surface area (Å²) in [4.78, 5) is 25.6. The van der Waals surface area contributed by atoms with Gasteiger partial charge in [0.15, 0.2) is 0 Å². The van der Waals surface area contributed by atoms with Gasteiger partial charge >= 0.3 is 11.9 Å². The van der Waals surface area contributed by atoms with Gasteiger partial charge in [0, 0.05) is 11.9 Å². The van der Waals surface area contributed by atoms with Gasteiger partial charge in [-0.05, 0) is 29.2 Å². The maximum absolute atomic E-state index is 11.9. The molecule has 0 aliphatic heterocycles. The van der Waals surface area contributed by atoms with Crippen molar-refractivity contribution in [3.05, 3.63) is 51.4 Å². The standard InChI is InChI=1S/C11H8ClN3O4/c1-7-13-6-10(15(17)18)14(7)11(16)19-9-4-2-8(12)3-5-9/h2-6H,1H3. The van der Waals surface area contributed by atoms with Crippen molar-refractivity contribution in [3.8, 4) is 5.75 Å². The Balaban J connectivity index is 2.27. The van der Waals surface area contributed by atoms with Crippen LogP contribution < -0.4 is 4.74 Å². The molecule has 0 unspecified atom stereocenters. The van der Waals surface area contributed by atoms with Crippen molar-refractivity contribution >= 4 is 23.5 Å². The van der Waals surface area contributed by atoms with Gasteiger partial charge in [0.2, 0.25) is 5.82 Å². The van der Waals surface area contributed by atoms with E-state index in [4.69, 9.17) is 16.3 Å². The molecule has 2 aromatic rings. The number of hydrogen-bond acceptors (Lipinski definition) is 5. The van der Waals surface area contributed by atoms with E-state index in [0.717, 1.165) is 10.8 Å². The predicted molar refractivity (Wildman–Crippen MR) is 66.5 cm³/mol. The topological polar surface area (TPSA) is 87.3 Å². The molecule has 0 atom stereocenters. The molecule has 1 aromatic heterocycles. The first-order chi connectivity index (χ1) is 8.99. The lowest BCUT2D eigenvalue weighted by Gasteiger charge is -2.03. The monoisotopic (exact) mass is 281 g/mol. The Kier molecular flexibility index (Phi) is 3.48. The summed E-state index contributed by atoms with van der Waals surface area (Å²) in [5, 5.41) is 11.2. The second kappa shape index (κ2) is 5.07. The number of halogens is 1. The van der Waals surface area contributed by atoms with Gasteiger partial charge in [0.25, 0.3) is 0 Å². The van der Waals surface area contributed by atoms with Crippen molar-refractivity contribution in [1.82, 2.24) is 9.55 Å². The van der Waals surface area contributed by atoms with Crippen LogP contribution in [0.2, 0.25) is 5.02 Å². The summed E-state index contributed by atoms with van der Waals surface area (Å²) in [6.07, 6.45) is 0.0994. The molecule has 0 saturated heterocycles. The second-order valence-electron chi connectivity index (χ2n) is 3.58. The summed E-state index contributed by atoms with van der Waals surface area (Å²) in [6, 6.07) is 6.05. The van der Waals surface area contributed by atoms with Gasteiger partial charge in [-0.3, -0.25) is 0 Å². The molecule has 19 heavy (non-hydrogen) atoms. The van der Waals surface area contributed by atoms with Crippen molar-refractivity contribution in [2.75, 3.05) is 0 Å². The Bertz CT molecular complexity index is 636. The van der Waals surface area contributed by atoms with Gasteiger partial charge in [-0.15, -0.1) is 4.57 Å². The predicted octanol–water partition coefficient (Wildman–Crippen LogP) is 2.80. The van der Waals surface area contributed by atoms with Crippen LogP contribution in [0, 0.1) is 17.0 Å². The average Bonchev–Trinajstić information content (AvgIpc) is 2.74. The van der Waals surface area contributed by atoms with E-state index in [1.54, 1.807) is 12.1 Å². The zero-order chi connectivity index (χ0) is 14.0. The number of imidazole rings is 1. The van der Waals surface area contributed by atoms with E-state index in [9.17, 15) is 14.9 Å². The van der Waals surface area contributed by atoms with Crippen LogP contribution in [-0.2, 0) is 0 Å². The first-order valence-electron chi connectivity index (χ1n) is 5.15. The second-order valence-corrected chi connectivity index (χ2v) is 4.01. The van der Waals surface area contributed by atoms with E-state index >= 15 is 0 Å². The minimum Gasteiger partial charge on any atom is -0.392 e. The summed E-state index contributed by atoms with van der Waals surface area (Å²) in [6.45, 7) is 1.47. The lowest BCUT2D eigenvalue weighted by Crippen LogP contribution is -2.19. The average molecular weight is 282 g/mol. The molecule has 0 saturated carbocycles. The largest absolute Gasteiger partial charge is 0.519 e.